The van der Waals surface area contributed by atoms with Crippen LogP contribution in [0.3, 0.4) is 0 Å². The number of carbonyl (C=O) groups is 1. The van der Waals surface area contributed by atoms with Crippen molar-refractivity contribution in [2.45, 2.75) is 44.9 Å². The number of ether oxygens (including phenoxy) is 1. The van der Waals surface area contributed by atoms with E-state index in [2.05, 4.69) is 22.3 Å². The van der Waals surface area contributed by atoms with Crippen molar-refractivity contribution in [2.75, 3.05) is 30.2 Å². The van der Waals surface area contributed by atoms with E-state index in [0.29, 0.717) is 18.0 Å². The van der Waals surface area contributed by atoms with Crippen LogP contribution >= 0.6 is 0 Å². The van der Waals surface area contributed by atoms with E-state index in [1.807, 2.05) is 12.1 Å². The summed E-state index contributed by atoms with van der Waals surface area (Å²) in [5.74, 6) is 0.0647. The van der Waals surface area contributed by atoms with Crippen molar-refractivity contribution in [3.05, 3.63) is 59.7 Å². The van der Waals surface area contributed by atoms with Gasteiger partial charge in [-0.05, 0) is 49.2 Å². The van der Waals surface area contributed by atoms with Crippen LogP contribution in [0.15, 0.2) is 48.5 Å². The highest BCUT2D eigenvalue weighted by Crippen LogP contribution is 2.34. The Bertz CT molecular complexity index is 1050. The van der Waals surface area contributed by atoms with E-state index in [9.17, 15) is 13.2 Å². The molecule has 2 aromatic carbocycles. The highest BCUT2D eigenvalue weighted by Gasteiger charge is 2.34. The van der Waals surface area contributed by atoms with Crippen LogP contribution in [-0.2, 0) is 27.9 Å². The Hall–Kier alpha value is -2.58. The molecule has 0 aromatic heterocycles. The fraction of sp³-hybridized carbons (Fsp3) is 0.458. The van der Waals surface area contributed by atoms with Gasteiger partial charge in [-0.3, -0.25) is 14.0 Å². The summed E-state index contributed by atoms with van der Waals surface area (Å²) in [4.78, 5) is 15.3. The maximum Gasteiger partial charge on any atom is 0.263 e. The molecule has 172 valence electrons. The van der Waals surface area contributed by atoms with Crippen LogP contribution < -0.4 is 14.4 Å². The number of hydrogen-bond acceptors (Lipinski definition) is 5. The van der Waals surface area contributed by atoms with Gasteiger partial charge in [-0.15, -0.1) is 0 Å². The van der Waals surface area contributed by atoms with Crippen LogP contribution in [0.25, 0.3) is 0 Å². The van der Waals surface area contributed by atoms with E-state index in [-0.39, 0.29) is 12.5 Å². The maximum atomic E-state index is 12.8. The quantitative estimate of drug-likeness (QED) is 0.722. The number of rotatable bonds is 6. The number of anilines is 1. The number of sulfonamides is 1. The first-order valence-electron chi connectivity index (χ1n) is 11.2. The van der Waals surface area contributed by atoms with Crippen molar-refractivity contribution < 1.29 is 17.9 Å². The lowest BCUT2D eigenvalue weighted by Crippen LogP contribution is -2.50. The van der Waals surface area contributed by atoms with Gasteiger partial charge in [-0.2, -0.15) is 0 Å². The molecular weight excluding hydrogens is 426 g/mol. The first-order chi connectivity index (χ1) is 15.4. The lowest BCUT2D eigenvalue weighted by molar-refractivity contribution is -0.127. The van der Waals surface area contributed by atoms with Crippen LogP contribution in [-0.4, -0.2) is 51.2 Å². The lowest BCUT2D eigenvalue weighted by Gasteiger charge is -2.33. The molecule has 1 atom stereocenters. The van der Waals surface area contributed by atoms with Gasteiger partial charge in [0.1, 0.15) is 5.75 Å². The Labute approximate surface area is 190 Å². The summed E-state index contributed by atoms with van der Waals surface area (Å²) in [6.07, 6.45) is 5.37. The normalized spacial score (nSPS) is 19.5. The van der Waals surface area contributed by atoms with E-state index >= 15 is 0 Å². The minimum atomic E-state index is -3.53. The number of nitrogens with one attached hydrogen (secondary N) is 1. The minimum absolute atomic E-state index is 0.0450. The van der Waals surface area contributed by atoms with E-state index < -0.39 is 16.1 Å². The predicted octanol–water partition coefficient (Wildman–Crippen LogP) is 2.91. The summed E-state index contributed by atoms with van der Waals surface area (Å²) in [6, 6.07) is 15.1. The molecule has 1 saturated heterocycles. The minimum Gasteiger partial charge on any atom is -0.476 e. The zero-order valence-corrected chi connectivity index (χ0v) is 19.3. The fourth-order valence-electron chi connectivity index (χ4n) is 4.35. The Morgan fingerprint density at radius 3 is 2.50 bits per heavy atom. The maximum absolute atomic E-state index is 12.8. The Kier molecular flexibility index (Phi) is 7.01. The molecule has 1 N–H and O–H groups in total. The Morgan fingerprint density at radius 1 is 1.03 bits per heavy atom. The fourth-order valence-corrected chi connectivity index (χ4v) is 5.26. The van der Waals surface area contributed by atoms with E-state index in [0.717, 1.165) is 31.5 Å². The molecule has 0 aliphatic carbocycles. The number of nitrogens with zero attached hydrogens (tertiary/aromatic N) is 2. The summed E-state index contributed by atoms with van der Waals surface area (Å²) >= 11 is 0. The zero-order chi connectivity index (χ0) is 22.6. The molecule has 2 aromatic rings. The predicted molar refractivity (Wildman–Crippen MR) is 125 cm³/mol. The molecular formula is C24H31N3O4S. The SMILES string of the molecule is CS(=O)(=O)N1CC(C(=O)NCc2cccc(CN3CCCCCC3)c2)Oc2ccccc21. The van der Waals surface area contributed by atoms with Gasteiger partial charge < -0.3 is 10.1 Å². The summed E-state index contributed by atoms with van der Waals surface area (Å²) in [5.41, 5.74) is 2.71. The third-order valence-corrected chi connectivity index (χ3v) is 7.14. The zero-order valence-electron chi connectivity index (χ0n) is 18.5. The molecule has 7 nitrogen and oxygen atoms in total. The second kappa shape index (κ2) is 9.92. The number of benzene rings is 2. The average Bonchev–Trinajstić information content (AvgIpc) is 3.05. The van der Waals surface area contributed by atoms with Gasteiger partial charge >= 0.3 is 0 Å². The largest absolute Gasteiger partial charge is 0.476 e. The highest BCUT2D eigenvalue weighted by molar-refractivity contribution is 7.92. The van der Waals surface area contributed by atoms with Crippen LogP contribution in [0.5, 0.6) is 5.75 Å². The van der Waals surface area contributed by atoms with Crippen molar-refractivity contribution in [1.82, 2.24) is 10.2 Å². The third-order valence-electron chi connectivity index (χ3n) is 5.99. The van der Waals surface area contributed by atoms with Crippen LogP contribution in [0.2, 0.25) is 0 Å². The van der Waals surface area contributed by atoms with Gasteiger partial charge in [0.25, 0.3) is 5.91 Å². The van der Waals surface area contributed by atoms with Crippen LogP contribution in [0.4, 0.5) is 5.69 Å². The van der Waals surface area contributed by atoms with E-state index in [4.69, 9.17) is 4.74 Å². The molecule has 0 saturated carbocycles. The van der Waals surface area contributed by atoms with Crippen LogP contribution in [0, 0.1) is 0 Å². The third kappa shape index (κ3) is 5.61. The van der Waals surface area contributed by atoms with Crippen molar-refractivity contribution in [2.24, 2.45) is 0 Å². The number of para-hydroxylation sites is 2. The molecule has 0 bridgehead atoms. The summed E-state index contributed by atoms with van der Waals surface area (Å²) in [6.45, 7) is 3.52. The topological polar surface area (TPSA) is 79.0 Å². The smallest absolute Gasteiger partial charge is 0.263 e. The number of hydrogen-bond donors (Lipinski definition) is 1. The molecule has 8 heteroatoms. The Balaban J connectivity index is 1.38. The van der Waals surface area contributed by atoms with Crippen molar-refractivity contribution >= 4 is 21.6 Å². The molecule has 1 fully saturated rings. The number of carbonyl (C=O) groups excluding carboxylic acids is 1. The van der Waals surface area contributed by atoms with Gasteiger partial charge in [-0.1, -0.05) is 49.2 Å². The Morgan fingerprint density at radius 2 is 1.75 bits per heavy atom. The molecule has 1 unspecified atom stereocenters. The van der Waals surface area contributed by atoms with Gasteiger partial charge in [-0.25, -0.2) is 8.42 Å². The number of fused-ring (bicyclic) bond motifs is 1. The summed E-state index contributed by atoms with van der Waals surface area (Å²) in [7, 11) is -3.53. The second-order valence-corrected chi connectivity index (χ2v) is 10.5. The summed E-state index contributed by atoms with van der Waals surface area (Å²) < 4.78 is 31.6. The first-order valence-corrected chi connectivity index (χ1v) is 13.1. The molecule has 32 heavy (non-hydrogen) atoms. The second-order valence-electron chi connectivity index (χ2n) is 8.60. The molecule has 0 radical (unpaired) electrons. The first kappa shape index (κ1) is 22.6. The molecule has 4 rings (SSSR count). The van der Waals surface area contributed by atoms with Crippen molar-refractivity contribution in [1.29, 1.82) is 0 Å². The molecule has 2 heterocycles. The van der Waals surface area contributed by atoms with Crippen molar-refractivity contribution in [3.63, 3.8) is 0 Å². The molecule has 2 aliphatic rings. The molecule has 2 aliphatic heterocycles. The van der Waals surface area contributed by atoms with Gasteiger partial charge in [0.2, 0.25) is 10.0 Å². The monoisotopic (exact) mass is 457 g/mol. The van der Waals surface area contributed by atoms with Gasteiger partial charge in [0.15, 0.2) is 6.10 Å². The summed E-state index contributed by atoms with van der Waals surface area (Å²) in [5, 5.41) is 2.91. The molecule has 1 amide bonds. The van der Waals surface area contributed by atoms with E-state index in [1.165, 1.54) is 35.6 Å². The van der Waals surface area contributed by atoms with Gasteiger partial charge in [0.05, 0.1) is 18.5 Å². The highest BCUT2D eigenvalue weighted by atomic mass is 32.2. The van der Waals surface area contributed by atoms with Gasteiger partial charge in [0, 0.05) is 13.1 Å². The average molecular weight is 458 g/mol. The van der Waals surface area contributed by atoms with Crippen LogP contribution in [0.1, 0.15) is 36.8 Å². The molecule has 0 spiro atoms. The van der Waals surface area contributed by atoms with Crippen molar-refractivity contribution in [3.8, 4) is 5.75 Å². The lowest BCUT2D eigenvalue weighted by atomic mass is 10.1. The number of amides is 1. The standard InChI is InChI=1S/C24H31N3O4S/c1-32(29,30)27-18-23(31-22-12-5-4-11-21(22)27)24(28)25-16-19-9-8-10-20(15-19)17-26-13-6-2-3-7-14-26/h4-5,8-12,15,23H,2-3,6-7,13-14,16-18H2,1H3,(H,25,28). The van der Waals surface area contributed by atoms with E-state index in [1.54, 1.807) is 24.3 Å². The number of likely N-dealkylation sites (tertiary alicyclic amines) is 1.